The highest BCUT2D eigenvalue weighted by Gasteiger charge is 2.16. The third kappa shape index (κ3) is 2.63. The van der Waals surface area contributed by atoms with Crippen LogP contribution in [0.4, 0.5) is 10.1 Å². The normalized spacial score (nSPS) is 15.4. The Morgan fingerprint density at radius 3 is 2.75 bits per heavy atom. The van der Waals surface area contributed by atoms with Crippen molar-refractivity contribution in [2.24, 2.45) is 0 Å². The maximum absolute atomic E-state index is 14.0. The van der Waals surface area contributed by atoms with E-state index in [0.717, 1.165) is 37.4 Å². The molecule has 0 aliphatic carbocycles. The lowest BCUT2D eigenvalue weighted by Crippen LogP contribution is -2.43. The van der Waals surface area contributed by atoms with Gasteiger partial charge in [0.05, 0.1) is 5.69 Å². The first-order chi connectivity index (χ1) is 9.74. The van der Waals surface area contributed by atoms with Crippen LogP contribution in [0, 0.1) is 12.7 Å². The largest absolute Gasteiger partial charge is 0.367 e. The van der Waals surface area contributed by atoms with E-state index in [-0.39, 0.29) is 5.82 Å². The summed E-state index contributed by atoms with van der Waals surface area (Å²) in [5, 5.41) is 3.27. The molecule has 5 heteroatoms. The minimum absolute atomic E-state index is 0.191. The number of rotatable bonds is 2. The zero-order valence-corrected chi connectivity index (χ0v) is 11.4. The highest BCUT2D eigenvalue weighted by atomic mass is 19.1. The minimum Gasteiger partial charge on any atom is -0.367 e. The predicted molar refractivity (Wildman–Crippen MR) is 77.2 cm³/mol. The Kier molecular flexibility index (Phi) is 3.60. The molecule has 0 amide bonds. The molecular formula is C15H17FN4. The van der Waals surface area contributed by atoms with E-state index in [9.17, 15) is 4.39 Å². The number of nitrogens with one attached hydrogen (secondary N) is 1. The Bertz CT molecular complexity index is 609. The second-order valence-electron chi connectivity index (χ2n) is 4.92. The molecule has 0 radical (unpaired) electrons. The van der Waals surface area contributed by atoms with Crippen LogP contribution < -0.4 is 10.2 Å². The summed E-state index contributed by atoms with van der Waals surface area (Å²) in [6.07, 6.45) is 1.73. The first kappa shape index (κ1) is 13.0. The average molecular weight is 272 g/mol. The molecule has 1 N–H and O–H groups in total. The van der Waals surface area contributed by atoms with Crippen LogP contribution in [0.5, 0.6) is 0 Å². The van der Waals surface area contributed by atoms with E-state index in [0.29, 0.717) is 11.5 Å². The summed E-state index contributed by atoms with van der Waals surface area (Å²) in [5.41, 5.74) is 2.39. The van der Waals surface area contributed by atoms with Gasteiger partial charge in [0.15, 0.2) is 5.82 Å². The molecule has 1 aromatic heterocycles. The average Bonchev–Trinajstić information content (AvgIpc) is 2.48. The van der Waals surface area contributed by atoms with Crippen molar-refractivity contribution in [3.05, 3.63) is 42.0 Å². The van der Waals surface area contributed by atoms with Gasteiger partial charge in [-0.15, -0.1) is 0 Å². The van der Waals surface area contributed by atoms with Gasteiger partial charge in [0.25, 0.3) is 0 Å². The van der Waals surface area contributed by atoms with E-state index in [4.69, 9.17) is 0 Å². The minimum atomic E-state index is -0.191. The molecule has 1 fully saturated rings. The molecule has 1 aliphatic heterocycles. The van der Waals surface area contributed by atoms with Crippen LogP contribution in [0.3, 0.4) is 0 Å². The van der Waals surface area contributed by atoms with Gasteiger partial charge in [-0.2, -0.15) is 0 Å². The van der Waals surface area contributed by atoms with Crippen molar-refractivity contribution in [3.63, 3.8) is 0 Å². The van der Waals surface area contributed by atoms with Gasteiger partial charge in [-0.05, 0) is 31.2 Å². The quantitative estimate of drug-likeness (QED) is 0.908. The summed E-state index contributed by atoms with van der Waals surface area (Å²) >= 11 is 0. The molecule has 2 aromatic rings. The first-order valence-corrected chi connectivity index (χ1v) is 6.79. The van der Waals surface area contributed by atoms with Crippen molar-refractivity contribution >= 4 is 5.69 Å². The van der Waals surface area contributed by atoms with Crippen LogP contribution in [0.25, 0.3) is 11.4 Å². The number of aromatic nitrogens is 2. The van der Waals surface area contributed by atoms with Gasteiger partial charge in [-0.3, -0.25) is 0 Å². The van der Waals surface area contributed by atoms with E-state index in [1.54, 1.807) is 12.3 Å². The fourth-order valence-electron chi connectivity index (χ4n) is 2.39. The number of benzene rings is 1. The van der Waals surface area contributed by atoms with Crippen molar-refractivity contribution in [2.45, 2.75) is 6.92 Å². The van der Waals surface area contributed by atoms with Crippen molar-refractivity contribution in [2.75, 3.05) is 31.1 Å². The smallest absolute Gasteiger partial charge is 0.159 e. The standard InChI is InChI=1S/C15H17FN4/c1-11-4-5-18-15(19-11)12-2-3-13(16)14(10-12)20-8-6-17-7-9-20/h2-5,10,17H,6-9H2,1H3. The molecule has 4 nitrogen and oxygen atoms in total. The third-order valence-electron chi connectivity index (χ3n) is 3.46. The van der Waals surface area contributed by atoms with E-state index in [2.05, 4.69) is 20.2 Å². The van der Waals surface area contributed by atoms with E-state index < -0.39 is 0 Å². The molecule has 20 heavy (non-hydrogen) atoms. The predicted octanol–water partition coefficient (Wildman–Crippen LogP) is 2.00. The highest BCUT2D eigenvalue weighted by molar-refractivity contribution is 5.64. The molecule has 0 unspecified atom stereocenters. The van der Waals surface area contributed by atoms with E-state index in [1.807, 2.05) is 19.1 Å². The van der Waals surface area contributed by atoms with Crippen LogP contribution in [-0.2, 0) is 0 Å². The van der Waals surface area contributed by atoms with Crippen LogP contribution in [-0.4, -0.2) is 36.1 Å². The molecule has 0 spiro atoms. The van der Waals surface area contributed by atoms with Crippen LogP contribution in [0.1, 0.15) is 5.69 Å². The summed E-state index contributed by atoms with van der Waals surface area (Å²) in [6, 6.07) is 6.92. The molecule has 104 valence electrons. The molecule has 0 bridgehead atoms. The lowest BCUT2D eigenvalue weighted by Gasteiger charge is -2.30. The molecule has 0 atom stereocenters. The monoisotopic (exact) mass is 272 g/mol. The molecule has 1 aliphatic rings. The molecule has 0 saturated carbocycles. The number of piperazine rings is 1. The topological polar surface area (TPSA) is 41.1 Å². The third-order valence-corrected chi connectivity index (χ3v) is 3.46. The van der Waals surface area contributed by atoms with Gasteiger partial charge in [0.2, 0.25) is 0 Å². The zero-order chi connectivity index (χ0) is 13.9. The summed E-state index contributed by atoms with van der Waals surface area (Å²) in [5.74, 6) is 0.449. The van der Waals surface area contributed by atoms with Crippen molar-refractivity contribution in [1.82, 2.24) is 15.3 Å². The molecule has 3 rings (SSSR count). The van der Waals surface area contributed by atoms with Crippen LogP contribution >= 0.6 is 0 Å². The lowest BCUT2D eigenvalue weighted by molar-refractivity contribution is 0.566. The molecule has 2 heterocycles. The number of hydrogen-bond acceptors (Lipinski definition) is 4. The number of nitrogens with zero attached hydrogens (tertiary/aromatic N) is 3. The maximum atomic E-state index is 14.0. The Hall–Kier alpha value is -2.01. The van der Waals surface area contributed by atoms with E-state index >= 15 is 0 Å². The summed E-state index contributed by atoms with van der Waals surface area (Å²) < 4.78 is 14.0. The number of aryl methyl sites for hydroxylation is 1. The lowest BCUT2D eigenvalue weighted by atomic mass is 10.1. The van der Waals surface area contributed by atoms with Gasteiger partial charge in [-0.1, -0.05) is 0 Å². The Labute approximate surface area is 117 Å². The fraction of sp³-hybridized carbons (Fsp3) is 0.333. The summed E-state index contributed by atoms with van der Waals surface area (Å²) in [4.78, 5) is 10.7. The van der Waals surface area contributed by atoms with Gasteiger partial charge >= 0.3 is 0 Å². The Balaban J connectivity index is 1.97. The summed E-state index contributed by atoms with van der Waals surface area (Å²) in [7, 11) is 0. The molecule has 1 aromatic carbocycles. The van der Waals surface area contributed by atoms with Crippen LogP contribution in [0.2, 0.25) is 0 Å². The zero-order valence-electron chi connectivity index (χ0n) is 11.4. The molecule has 1 saturated heterocycles. The highest BCUT2D eigenvalue weighted by Crippen LogP contribution is 2.25. The van der Waals surface area contributed by atoms with Crippen LogP contribution in [0.15, 0.2) is 30.5 Å². The fourth-order valence-corrected chi connectivity index (χ4v) is 2.39. The van der Waals surface area contributed by atoms with Crippen molar-refractivity contribution < 1.29 is 4.39 Å². The van der Waals surface area contributed by atoms with Gasteiger partial charge in [-0.25, -0.2) is 14.4 Å². The van der Waals surface area contributed by atoms with Crippen molar-refractivity contribution in [3.8, 4) is 11.4 Å². The second-order valence-corrected chi connectivity index (χ2v) is 4.92. The van der Waals surface area contributed by atoms with Crippen molar-refractivity contribution in [1.29, 1.82) is 0 Å². The summed E-state index contributed by atoms with van der Waals surface area (Å²) in [6.45, 7) is 5.31. The number of hydrogen-bond donors (Lipinski definition) is 1. The van der Waals surface area contributed by atoms with Gasteiger partial charge in [0, 0.05) is 43.6 Å². The maximum Gasteiger partial charge on any atom is 0.159 e. The van der Waals surface area contributed by atoms with E-state index in [1.165, 1.54) is 6.07 Å². The SMILES string of the molecule is Cc1ccnc(-c2ccc(F)c(N3CCNCC3)c2)n1. The number of anilines is 1. The van der Waals surface area contributed by atoms with Gasteiger partial charge in [0.1, 0.15) is 5.82 Å². The molecular weight excluding hydrogens is 255 g/mol. The first-order valence-electron chi connectivity index (χ1n) is 6.79. The second kappa shape index (κ2) is 5.54. The Morgan fingerprint density at radius 2 is 2.00 bits per heavy atom. The van der Waals surface area contributed by atoms with Gasteiger partial charge < -0.3 is 10.2 Å². The number of halogens is 1. The Morgan fingerprint density at radius 1 is 1.20 bits per heavy atom.